The lowest BCUT2D eigenvalue weighted by molar-refractivity contribution is -0.116. The summed E-state index contributed by atoms with van der Waals surface area (Å²) in [6.07, 6.45) is 2.41. The molecular weight excluding hydrogens is 230 g/mol. The molecule has 0 fully saturated rings. The molecule has 0 aliphatic heterocycles. The molecule has 0 bridgehead atoms. The quantitative estimate of drug-likeness (QED) is 0.775. The van der Waals surface area contributed by atoms with E-state index in [-0.39, 0.29) is 11.6 Å². The number of hydrogen-bond acceptors (Lipinski definition) is 2. The Hall–Kier alpha value is -2.04. The van der Waals surface area contributed by atoms with Crippen molar-refractivity contribution in [3.05, 3.63) is 28.2 Å². The number of amides is 1. The lowest BCUT2D eigenvalue weighted by Gasteiger charge is -2.08. The number of nitrogens with one attached hydrogen (secondary N) is 3. The molecule has 3 N–H and O–H groups in total. The minimum atomic E-state index is -0.237. The van der Waals surface area contributed by atoms with Crippen molar-refractivity contribution in [3.63, 3.8) is 0 Å². The molecule has 0 saturated heterocycles. The van der Waals surface area contributed by atoms with E-state index >= 15 is 0 Å². The van der Waals surface area contributed by atoms with Crippen LogP contribution in [-0.4, -0.2) is 15.9 Å². The number of aromatic amines is 2. The number of imidazole rings is 1. The molecule has 0 aliphatic rings. The third kappa shape index (κ3) is 2.61. The van der Waals surface area contributed by atoms with Crippen molar-refractivity contribution >= 4 is 22.6 Å². The minimum Gasteiger partial charge on any atom is -0.326 e. The van der Waals surface area contributed by atoms with Crippen molar-refractivity contribution in [2.45, 2.75) is 33.1 Å². The molecule has 5 heteroatoms. The van der Waals surface area contributed by atoms with E-state index in [2.05, 4.69) is 22.2 Å². The number of aromatic nitrogens is 2. The molecule has 96 valence electrons. The van der Waals surface area contributed by atoms with Gasteiger partial charge in [0.05, 0.1) is 11.0 Å². The van der Waals surface area contributed by atoms with Gasteiger partial charge in [-0.15, -0.1) is 0 Å². The fourth-order valence-corrected chi connectivity index (χ4v) is 1.88. The lowest BCUT2D eigenvalue weighted by Crippen LogP contribution is -2.11. The monoisotopic (exact) mass is 247 g/mol. The van der Waals surface area contributed by atoms with Crippen molar-refractivity contribution in [2.24, 2.45) is 0 Å². The van der Waals surface area contributed by atoms with Gasteiger partial charge in [-0.2, -0.15) is 0 Å². The summed E-state index contributed by atoms with van der Waals surface area (Å²) < 4.78 is 0. The van der Waals surface area contributed by atoms with E-state index in [1.807, 2.05) is 13.0 Å². The highest BCUT2D eigenvalue weighted by atomic mass is 16.1. The molecule has 0 saturated carbocycles. The van der Waals surface area contributed by atoms with Crippen LogP contribution in [0.25, 0.3) is 11.0 Å². The number of fused-ring (bicyclic) bond motifs is 1. The molecule has 1 aromatic carbocycles. The van der Waals surface area contributed by atoms with Gasteiger partial charge in [0.25, 0.3) is 0 Å². The number of H-pyrrole nitrogens is 2. The Balaban J connectivity index is 2.24. The van der Waals surface area contributed by atoms with E-state index in [1.165, 1.54) is 0 Å². The van der Waals surface area contributed by atoms with Crippen molar-refractivity contribution in [2.75, 3.05) is 5.32 Å². The summed E-state index contributed by atoms with van der Waals surface area (Å²) in [5, 5.41) is 2.87. The van der Waals surface area contributed by atoms with Gasteiger partial charge in [0.2, 0.25) is 5.91 Å². The Bertz CT molecular complexity index is 625. The van der Waals surface area contributed by atoms with Crippen LogP contribution in [0.3, 0.4) is 0 Å². The van der Waals surface area contributed by atoms with Gasteiger partial charge in [-0.25, -0.2) is 4.79 Å². The molecule has 0 radical (unpaired) electrons. The Morgan fingerprint density at radius 1 is 1.28 bits per heavy atom. The molecule has 0 aliphatic carbocycles. The highest BCUT2D eigenvalue weighted by Crippen LogP contribution is 2.20. The first-order chi connectivity index (χ1) is 8.60. The number of carbonyl (C=O) groups excluding carboxylic acids is 1. The van der Waals surface area contributed by atoms with Crippen LogP contribution in [0, 0.1) is 6.92 Å². The Kier molecular flexibility index (Phi) is 3.50. The molecule has 1 aromatic heterocycles. The maximum Gasteiger partial charge on any atom is 0.323 e. The number of aryl methyl sites for hydroxylation is 1. The molecule has 1 heterocycles. The third-order valence-electron chi connectivity index (χ3n) is 2.89. The number of anilines is 1. The maximum absolute atomic E-state index is 11.7. The van der Waals surface area contributed by atoms with E-state index in [4.69, 9.17) is 0 Å². The van der Waals surface area contributed by atoms with E-state index in [0.29, 0.717) is 11.9 Å². The molecular formula is C13H17N3O2. The normalized spacial score (nSPS) is 10.8. The van der Waals surface area contributed by atoms with Crippen molar-refractivity contribution in [1.82, 2.24) is 9.97 Å². The number of hydrogen-bond donors (Lipinski definition) is 3. The molecule has 2 rings (SSSR count). The van der Waals surface area contributed by atoms with Gasteiger partial charge in [-0.3, -0.25) is 4.79 Å². The molecule has 5 nitrogen and oxygen atoms in total. The predicted molar refractivity (Wildman–Crippen MR) is 71.8 cm³/mol. The summed E-state index contributed by atoms with van der Waals surface area (Å²) in [5.41, 5.74) is 2.90. The standard InChI is InChI=1S/C13H17N3O2/c1-3-4-5-12(17)14-9-7-11-10(6-8(9)2)15-13(18)16-11/h6-7H,3-5H2,1-2H3,(H,14,17)(H2,15,16,18). The molecule has 0 spiro atoms. The number of rotatable bonds is 4. The Labute approximate surface area is 105 Å². The zero-order chi connectivity index (χ0) is 13.1. The van der Waals surface area contributed by atoms with Gasteiger partial charge >= 0.3 is 5.69 Å². The van der Waals surface area contributed by atoms with Crippen LogP contribution in [-0.2, 0) is 4.79 Å². The average Bonchev–Trinajstić information content (AvgIpc) is 2.66. The predicted octanol–water partition coefficient (Wildman–Crippen LogP) is 2.29. The largest absolute Gasteiger partial charge is 0.326 e. The highest BCUT2D eigenvalue weighted by Gasteiger charge is 2.07. The number of carbonyl (C=O) groups is 1. The van der Waals surface area contributed by atoms with Crippen LogP contribution >= 0.6 is 0 Å². The lowest BCUT2D eigenvalue weighted by atomic mass is 10.1. The second-order valence-corrected chi connectivity index (χ2v) is 4.44. The summed E-state index contributed by atoms with van der Waals surface area (Å²) >= 11 is 0. The molecule has 18 heavy (non-hydrogen) atoms. The second kappa shape index (κ2) is 5.08. The van der Waals surface area contributed by atoms with Crippen LogP contribution in [0.1, 0.15) is 31.7 Å². The Morgan fingerprint density at radius 3 is 2.61 bits per heavy atom. The summed E-state index contributed by atoms with van der Waals surface area (Å²) in [5.74, 6) is 0.0113. The van der Waals surface area contributed by atoms with Crippen LogP contribution in [0.5, 0.6) is 0 Å². The number of benzene rings is 1. The molecule has 0 unspecified atom stereocenters. The topological polar surface area (TPSA) is 77.8 Å². The van der Waals surface area contributed by atoms with Gasteiger partial charge in [-0.05, 0) is 31.0 Å². The smallest absolute Gasteiger partial charge is 0.323 e. The van der Waals surface area contributed by atoms with Gasteiger partial charge < -0.3 is 15.3 Å². The second-order valence-electron chi connectivity index (χ2n) is 4.44. The van der Waals surface area contributed by atoms with Crippen LogP contribution in [0.2, 0.25) is 0 Å². The molecule has 2 aromatic rings. The van der Waals surface area contributed by atoms with E-state index in [1.54, 1.807) is 6.07 Å². The summed E-state index contributed by atoms with van der Waals surface area (Å²) in [6.45, 7) is 3.95. The SMILES string of the molecule is CCCCC(=O)Nc1cc2[nH]c(=O)[nH]c2cc1C. The highest BCUT2D eigenvalue weighted by molar-refractivity contribution is 5.94. The first-order valence-electron chi connectivity index (χ1n) is 6.12. The van der Waals surface area contributed by atoms with Crippen LogP contribution in [0.15, 0.2) is 16.9 Å². The number of unbranched alkanes of at least 4 members (excludes halogenated alkanes) is 1. The zero-order valence-corrected chi connectivity index (χ0v) is 10.6. The first-order valence-corrected chi connectivity index (χ1v) is 6.12. The third-order valence-corrected chi connectivity index (χ3v) is 2.89. The van der Waals surface area contributed by atoms with Crippen molar-refractivity contribution < 1.29 is 4.79 Å². The molecule has 1 amide bonds. The van der Waals surface area contributed by atoms with Gasteiger partial charge in [0.1, 0.15) is 0 Å². The fourth-order valence-electron chi connectivity index (χ4n) is 1.88. The van der Waals surface area contributed by atoms with E-state index in [0.717, 1.165) is 29.6 Å². The fraction of sp³-hybridized carbons (Fsp3) is 0.385. The summed E-state index contributed by atoms with van der Waals surface area (Å²) in [4.78, 5) is 28.2. The summed E-state index contributed by atoms with van der Waals surface area (Å²) in [6, 6.07) is 3.63. The van der Waals surface area contributed by atoms with Crippen LogP contribution < -0.4 is 11.0 Å². The van der Waals surface area contributed by atoms with Crippen LogP contribution in [0.4, 0.5) is 5.69 Å². The Morgan fingerprint density at radius 2 is 1.94 bits per heavy atom. The molecule has 0 atom stereocenters. The average molecular weight is 247 g/mol. The summed E-state index contributed by atoms with van der Waals surface area (Å²) in [7, 11) is 0. The van der Waals surface area contributed by atoms with Gasteiger partial charge in [0.15, 0.2) is 0 Å². The van der Waals surface area contributed by atoms with E-state index in [9.17, 15) is 9.59 Å². The van der Waals surface area contributed by atoms with E-state index < -0.39 is 0 Å². The first kappa shape index (κ1) is 12.4. The zero-order valence-electron chi connectivity index (χ0n) is 10.6. The maximum atomic E-state index is 11.7. The minimum absolute atomic E-state index is 0.0113. The van der Waals surface area contributed by atoms with Crippen molar-refractivity contribution in [3.8, 4) is 0 Å². The van der Waals surface area contributed by atoms with Gasteiger partial charge in [-0.1, -0.05) is 13.3 Å². The van der Waals surface area contributed by atoms with Gasteiger partial charge in [0, 0.05) is 12.1 Å². The van der Waals surface area contributed by atoms with Crippen molar-refractivity contribution in [1.29, 1.82) is 0 Å².